The second kappa shape index (κ2) is 14.6. The fourth-order valence-corrected chi connectivity index (χ4v) is 7.08. The Labute approximate surface area is 303 Å². The minimum absolute atomic E-state index is 0.0260. The van der Waals surface area contributed by atoms with Crippen molar-refractivity contribution in [2.24, 2.45) is 18.9 Å². The molecule has 5 heterocycles. The zero-order valence-electron chi connectivity index (χ0n) is 29.1. The van der Waals surface area contributed by atoms with Crippen LogP contribution in [0.25, 0.3) is 22.6 Å². The number of imidazole rings is 1. The van der Waals surface area contributed by atoms with E-state index >= 15 is 0 Å². The number of aromatic nitrogens is 5. The monoisotopic (exact) mass is 741 g/mol. The summed E-state index contributed by atoms with van der Waals surface area (Å²) in [4.78, 5) is 49.6. The van der Waals surface area contributed by atoms with E-state index in [4.69, 9.17) is 17.3 Å². The van der Waals surface area contributed by atoms with Gasteiger partial charge in [0.15, 0.2) is 11.5 Å². The normalized spacial score (nSPS) is 16.9. The lowest BCUT2D eigenvalue weighted by molar-refractivity contribution is -0.895. The lowest BCUT2D eigenvalue weighted by atomic mass is 9.91. The number of halogens is 4. The zero-order chi connectivity index (χ0) is 37.4. The first-order valence-electron chi connectivity index (χ1n) is 17.0. The largest absolute Gasteiger partial charge is 0.435 e. The molecule has 0 aliphatic carbocycles. The van der Waals surface area contributed by atoms with Crippen LogP contribution < -0.4 is 16.4 Å². The van der Waals surface area contributed by atoms with Crippen molar-refractivity contribution >= 4 is 40.7 Å². The summed E-state index contributed by atoms with van der Waals surface area (Å²) in [6.45, 7) is 3.80. The molecule has 0 unspecified atom stereocenters. The number of H-pyrrole nitrogens is 1. The van der Waals surface area contributed by atoms with Gasteiger partial charge in [-0.1, -0.05) is 11.6 Å². The van der Waals surface area contributed by atoms with Crippen LogP contribution in [0.5, 0.6) is 0 Å². The molecule has 0 bridgehead atoms. The Kier molecular flexibility index (Phi) is 10.3. The highest BCUT2D eigenvalue weighted by Crippen LogP contribution is 2.41. The smallest absolute Gasteiger partial charge is 0.397 e. The predicted molar refractivity (Wildman–Crippen MR) is 189 cm³/mol. The Morgan fingerprint density at radius 3 is 2.37 bits per heavy atom. The van der Waals surface area contributed by atoms with E-state index in [1.165, 1.54) is 48.1 Å². The predicted octanol–water partition coefficient (Wildman–Crippen LogP) is 4.83. The SMILES string of the molecule is Cn1c(-c2c(C(F)(F)F)n[nH]c2-c2ccc(N)cn2)cnc1C(=O)Nc1ccc(C(=O)NCC2CCN(C(=O)C3CC[N+](C)(C)CC3)CC2)c(Cl)c1. The first kappa shape index (κ1) is 36.8. The maximum absolute atomic E-state index is 14.0. The minimum Gasteiger partial charge on any atom is -0.397 e. The molecule has 2 fully saturated rings. The lowest BCUT2D eigenvalue weighted by Crippen LogP contribution is -2.50. The molecule has 2 saturated heterocycles. The molecular weight excluding hydrogens is 701 g/mol. The van der Waals surface area contributed by atoms with E-state index in [0.29, 0.717) is 25.3 Å². The molecule has 0 atom stereocenters. The van der Waals surface area contributed by atoms with Crippen molar-refractivity contribution in [3.05, 3.63) is 64.8 Å². The van der Waals surface area contributed by atoms with E-state index in [2.05, 4.69) is 44.9 Å². The summed E-state index contributed by atoms with van der Waals surface area (Å²) in [7, 11) is 5.80. The summed E-state index contributed by atoms with van der Waals surface area (Å²) in [5.41, 5.74) is 5.06. The Morgan fingerprint density at radius 1 is 1.02 bits per heavy atom. The van der Waals surface area contributed by atoms with Crippen LogP contribution in [0.3, 0.4) is 0 Å². The molecule has 17 heteroatoms. The Morgan fingerprint density at radius 2 is 1.73 bits per heavy atom. The van der Waals surface area contributed by atoms with Crippen molar-refractivity contribution in [1.29, 1.82) is 0 Å². The van der Waals surface area contributed by atoms with Crippen LogP contribution in [-0.4, -0.2) is 98.7 Å². The third kappa shape index (κ3) is 7.92. The van der Waals surface area contributed by atoms with Gasteiger partial charge in [-0.3, -0.25) is 24.5 Å². The summed E-state index contributed by atoms with van der Waals surface area (Å²) in [6, 6.07) is 7.34. The number of nitrogens with zero attached hydrogens (tertiary/aromatic N) is 6. The first-order valence-corrected chi connectivity index (χ1v) is 17.4. The van der Waals surface area contributed by atoms with Crippen molar-refractivity contribution in [3.8, 4) is 22.6 Å². The van der Waals surface area contributed by atoms with Crippen LogP contribution in [0.4, 0.5) is 24.5 Å². The lowest BCUT2D eigenvalue weighted by Gasteiger charge is -2.39. The molecule has 3 aromatic heterocycles. The third-order valence-corrected chi connectivity index (χ3v) is 10.3. The number of aromatic amines is 1. The molecule has 13 nitrogen and oxygen atoms in total. The van der Waals surface area contributed by atoms with Gasteiger partial charge in [-0.2, -0.15) is 18.3 Å². The number of hydrogen-bond acceptors (Lipinski definition) is 7. The molecule has 5 N–H and O–H groups in total. The maximum Gasteiger partial charge on any atom is 0.435 e. The Hall–Kier alpha value is -4.96. The molecule has 0 spiro atoms. The van der Waals surface area contributed by atoms with Gasteiger partial charge in [0, 0.05) is 51.1 Å². The standard InChI is InChI=1S/C35H40ClF3N10O3/c1-47-27(28-29(26-7-4-22(40)18-41-26)45-46-30(28)35(37,38)39)19-42-31(47)33(51)44-23-5-6-24(25(36)16-23)32(50)43-17-20-8-12-48(13-9-20)34(52)21-10-14-49(2,3)15-11-21/h4-7,16,18-21H,8-15,17H2,1-3H3,(H4-,40,41,42,43,44,45,46,50,51)/p+1. The number of hydrogen-bond donors (Lipinski definition) is 4. The highest BCUT2D eigenvalue weighted by atomic mass is 35.5. The quantitative estimate of drug-likeness (QED) is 0.188. The molecule has 0 radical (unpaired) electrons. The number of carbonyl (C=O) groups is 3. The number of nitrogens with two attached hydrogens (primary N) is 1. The number of alkyl halides is 3. The van der Waals surface area contributed by atoms with Crippen molar-refractivity contribution in [2.45, 2.75) is 31.9 Å². The summed E-state index contributed by atoms with van der Waals surface area (Å²) in [5.74, 6) is -0.707. The zero-order valence-corrected chi connectivity index (χ0v) is 29.8. The van der Waals surface area contributed by atoms with Gasteiger partial charge in [0.2, 0.25) is 5.91 Å². The average molecular weight is 742 g/mol. The number of piperidine rings is 2. The van der Waals surface area contributed by atoms with Gasteiger partial charge in [-0.05, 0) is 49.1 Å². The van der Waals surface area contributed by atoms with Gasteiger partial charge in [-0.25, -0.2) is 4.98 Å². The fourth-order valence-electron chi connectivity index (χ4n) is 6.81. The summed E-state index contributed by atoms with van der Waals surface area (Å²) in [5, 5.41) is 11.6. The van der Waals surface area contributed by atoms with Gasteiger partial charge >= 0.3 is 6.18 Å². The topological polar surface area (TPSA) is 164 Å². The van der Waals surface area contributed by atoms with Crippen molar-refractivity contribution in [1.82, 2.24) is 34.9 Å². The number of anilines is 2. The van der Waals surface area contributed by atoms with Gasteiger partial charge in [0.25, 0.3) is 11.8 Å². The molecule has 0 saturated carbocycles. The number of rotatable bonds is 8. The molecule has 276 valence electrons. The molecule has 3 amide bonds. The van der Waals surface area contributed by atoms with Gasteiger partial charge < -0.3 is 30.3 Å². The van der Waals surface area contributed by atoms with Gasteiger partial charge in [0.1, 0.15) is 0 Å². The second-order valence-electron chi connectivity index (χ2n) is 14.1. The summed E-state index contributed by atoms with van der Waals surface area (Å²) >= 11 is 6.46. The van der Waals surface area contributed by atoms with E-state index in [1.54, 1.807) is 0 Å². The van der Waals surface area contributed by atoms with Crippen molar-refractivity contribution in [2.75, 3.05) is 57.9 Å². The summed E-state index contributed by atoms with van der Waals surface area (Å²) in [6.07, 6.45) is 1.06. The van der Waals surface area contributed by atoms with E-state index in [-0.39, 0.29) is 68.4 Å². The van der Waals surface area contributed by atoms with E-state index in [0.717, 1.165) is 49.5 Å². The van der Waals surface area contributed by atoms with E-state index in [1.807, 2.05) is 4.90 Å². The number of carbonyl (C=O) groups excluding carboxylic acids is 3. The summed E-state index contributed by atoms with van der Waals surface area (Å²) < 4.78 is 44.2. The first-order chi connectivity index (χ1) is 24.6. The number of nitrogen functional groups attached to an aromatic ring is 1. The fraction of sp³-hybridized carbons (Fsp3) is 0.429. The van der Waals surface area contributed by atoms with Crippen LogP contribution in [0.1, 0.15) is 52.4 Å². The maximum atomic E-state index is 14.0. The molecule has 2 aliphatic heterocycles. The number of nitrogens with one attached hydrogen (secondary N) is 3. The number of benzene rings is 1. The van der Waals surface area contributed by atoms with E-state index < -0.39 is 17.8 Å². The van der Waals surface area contributed by atoms with Crippen LogP contribution in [-0.2, 0) is 18.0 Å². The number of quaternary nitrogens is 1. The van der Waals surface area contributed by atoms with Crippen LogP contribution >= 0.6 is 11.6 Å². The van der Waals surface area contributed by atoms with Crippen molar-refractivity contribution < 1.29 is 32.0 Å². The molecule has 52 heavy (non-hydrogen) atoms. The highest BCUT2D eigenvalue weighted by molar-refractivity contribution is 6.34. The van der Waals surface area contributed by atoms with Gasteiger partial charge in [0.05, 0.1) is 78.5 Å². The second-order valence-corrected chi connectivity index (χ2v) is 14.5. The van der Waals surface area contributed by atoms with Gasteiger partial charge in [-0.15, -0.1) is 0 Å². The molecule has 2 aliphatic rings. The molecular formula is C35H41ClF3N10O3+. The average Bonchev–Trinajstić information content (AvgIpc) is 3.71. The Balaban J connectivity index is 1.06. The van der Waals surface area contributed by atoms with E-state index in [9.17, 15) is 27.6 Å². The molecule has 1 aromatic carbocycles. The minimum atomic E-state index is -4.82. The number of likely N-dealkylation sites (tertiary alicyclic amines) is 2. The highest BCUT2D eigenvalue weighted by Gasteiger charge is 2.40. The van der Waals surface area contributed by atoms with Crippen LogP contribution in [0, 0.1) is 11.8 Å². The third-order valence-electron chi connectivity index (χ3n) is 9.99. The molecule has 4 aromatic rings. The van der Waals surface area contributed by atoms with Crippen LogP contribution in [0.2, 0.25) is 5.02 Å². The number of pyridine rings is 1. The Bertz CT molecular complexity index is 1960. The van der Waals surface area contributed by atoms with Crippen molar-refractivity contribution in [3.63, 3.8) is 0 Å². The van der Waals surface area contributed by atoms with Crippen LogP contribution in [0.15, 0.2) is 42.7 Å². The molecule has 6 rings (SSSR count). The number of amides is 3.